The standard InChI is InChI=1S/C22H25.2ClH.Zr/c1-6-17-7-8-18-12-19(14(2)3)13-21(18)22(17)20-10-15(4)9-16(5)11-20;;;/h7-14H,6H2,1-5H3;2*1H;/q-1;;;+2/p-2. The molecule has 0 nitrogen and oxygen atoms in total. The van der Waals surface area contributed by atoms with E-state index in [-0.39, 0.29) is 0 Å². The second kappa shape index (κ2) is 9.45. The zero-order valence-corrected chi connectivity index (χ0v) is 19.6. The fraction of sp³-hybridized carbons (Fsp3) is 0.318. The molecular formula is C22H25Cl2Zr-. The molecule has 0 saturated heterocycles. The molecule has 0 saturated carbocycles. The van der Waals surface area contributed by atoms with Crippen molar-refractivity contribution in [3.8, 4) is 11.1 Å². The van der Waals surface area contributed by atoms with Crippen LogP contribution in [0.25, 0.3) is 21.9 Å². The van der Waals surface area contributed by atoms with Gasteiger partial charge in [-0.1, -0.05) is 61.2 Å². The van der Waals surface area contributed by atoms with Gasteiger partial charge >= 0.3 is 37.9 Å². The Morgan fingerprint density at radius 3 is 2.12 bits per heavy atom. The van der Waals surface area contributed by atoms with Gasteiger partial charge in [-0.25, -0.2) is 0 Å². The monoisotopic (exact) mass is 449 g/mol. The third-order valence-corrected chi connectivity index (χ3v) is 4.56. The summed E-state index contributed by atoms with van der Waals surface area (Å²) in [4.78, 5) is 0. The maximum absolute atomic E-state index is 4.93. The van der Waals surface area contributed by atoms with E-state index in [1.807, 2.05) is 0 Å². The van der Waals surface area contributed by atoms with Crippen LogP contribution in [0, 0.1) is 13.8 Å². The molecule has 0 N–H and O–H groups in total. The maximum atomic E-state index is 4.93. The van der Waals surface area contributed by atoms with Crippen molar-refractivity contribution in [3.05, 3.63) is 64.7 Å². The van der Waals surface area contributed by atoms with E-state index in [1.54, 1.807) is 0 Å². The van der Waals surface area contributed by atoms with Gasteiger partial charge in [-0.15, -0.1) is 34.5 Å². The summed E-state index contributed by atoms with van der Waals surface area (Å²) in [5.41, 5.74) is 8.35. The molecule has 0 atom stereocenters. The van der Waals surface area contributed by atoms with Gasteiger partial charge < -0.3 is 0 Å². The van der Waals surface area contributed by atoms with Crippen molar-refractivity contribution in [3.63, 3.8) is 0 Å². The first kappa shape index (κ1) is 20.8. The average molecular weight is 452 g/mol. The molecule has 25 heavy (non-hydrogen) atoms. The number of rotatable bonds is 3. The summed E-state index contributed by atoms with van der Waals surface area (Å²) in [7, 11) is 9.87. The Labute approximate surface area is 170 Å². The molecule has 3 aromatic carbocycles. The Morgan fingerprint density at radius 2 is 1.60 bits per heavy atom. The summed E-state index contributed by atoms with van der Waals surface area (Å²) in [6.07, 6.45) is 1.07. The van der Waals surface area contributed by atoms with Crippen LogP contribution in [-0.2, 0) is 27.3 Å². The number of halogens is 2. The predicted octanol–water partition coefficient (Wildman–Crippen LogP) is 7.90. The zero-order valence-electron chi connectivity index (χ0n) is 15.6. The summed E-state index contributed by atoms with van der Waals surface area (Å²) in [6.45, 7) is 11.2. The molecule has 3 aromatic rings. The summed E-state index contributed by atoms with van der Waals surface area (Å²) in [6, 6.07) is 16.2. The second-order valence-corrected chi connectivity index (χ2v) is 10.6. The zero-order chi connectivity index (χ0) is 18.6. The van der Waals surface area contributed by atoms with Crippen molar-refractivity contribution in [2.45, 2.75) is 47.0 Å². The van der Waals surface area contributed by atoms with Crippen LogP contribution >= 0.6 is 17.0 Å². The minimum absolute atomic E-state index is 0.574. The molecule has 0 bridgehead atoms. The van der Waals surface area contributed by atoms with Gasteiger partial charge in [0.1, 0.15) is 0 Å². The first-order chi connectivity index (χ1) is 11.9. The fourth-order valence-electron chi connectivity index (χ4n) is 3.44. The Kier molecular flexibility index (Phi) is 7.87. The van der Waals surface area contributed by atoms with E-state index in [2.05, 4.69) is 77.1 Å². The van der Waals surface area contributed by atoms with Gasteiger partial charge in [0.15, 0.2) is 0 Å². The van der Waals surface area contributed by atoms with Crippen LogP contribution in [-0.4, -0.2) is 0 Å². The first-order valence-electron chi connectivity index (χ1n) is 8.68. The van der Waals surface area contributed by atoms with Crippen LogP contribution in [0.4, 0.5) is 0 Å². The SMILES string of the molecule is CCc1ccc2[cH-]c(C(C)C)cc2c1-c1cc(C)cc(C)c1.[Cl][Zr][Cl]. The molecule has 0 spiro atoms. The topological polar surface area (TPSA) is 0 Å². The van der Waals surface area contributed by atoms with Crippen molar-refractivity contribution >= 4 is 27.8 Å². The third-order valence-electron chi connectivity index (χ3n) is 4.56. The average Bonchev–Trinajstić information content (AvgIpc) is 2.98. The number of hydrogen-bond acceptors (Lipinski definition) is 0. The van der Waals surface area contributed by atoms with Crippen LogP contribution in [0.15, 0.2) is 42.5 Å². The van der Waals surface area contributed by atoms with Gasteiger partial charge in [-0.05, 0) is 31.7 Å². The Balaban J connectivity index is 0.000000701. The van der Waals surface area contributed by atoms with Gasteiger partial charge in [0.05, 0.1) is 0 Å². The molecule has 132 valence electrons. The van der Waals surface area contributed by atoms with Gasteiger partial charge in [0.2, 0.25) is 0 Å². The molecule has 0 fully saturated rings. The molecule has 0 aromatic heterocycles. The molecule has 0 amide bonds. The molecule has 0 unspecified atom stereocenters. The molecule has 3 rings (SSSR count). The van der Waals surface area contributed by atoms with E-state index < -0.39 is 20.8 Å². The quantitative estimate of drug-likeness (QED) is 0.355. The van der Waals surface area contributed by atoms with Crippen molar-refractivity contribution in [1.29, 1.82) is 0 Å². The molecule has 3 heteroatoms. The Bertz CT molecular complexity index is 826. The number of hydrogen-bond donors (Lipinski definition) is 0. The third kappa shape index (κ3) is 5.03. The first-order valence-corrected chi connectivity index (χ1v) is 15.0. The molecular weight excluding hydrogens is 426 g/mol. The van der Waals surface area contributed by atoms with E-state index in [0.29, 0.717) is 5.92 Å². The van der Waals surface area contributed by atoms with Crippen molar-refractivity contribution < 1.29 is 20.8 Å². The molecule has 0 aliphatic rings. The van der Waals surface area contributed by atoms with E-state index in [4.69, 9.17) is 17.0 Å². The minimum atomic E-state index is -0.826. The van der Waals surface area contributed by atoms with Gasteiger partial charge in [0.25, 0.3) is 0 Å². The molecule has 0 heterocycles. The van der Waals surface area contributed by atoms with E-state index in [0.717, 1.165) is 6.42 Å². The summed E-state index contributed by atoms with van der Waals surface area (Å²) in [5, 5.41) is 2.78. The fourth-order valence-corrected chi connectivity index (χ4v) is 3.44. The summed E-state index contributed by atoms with van der Waals surface area (Å²) < 4.78 is 0. The number of benzene rings is 2. The molecule has 0 aliphatic carbocycles. The molecule has 0 radical (unpaired) electrons. The van der Waals surface area contributed by atoms with Crippen LogP contribution in [0.1, 0.15) is 48.9 Å². The normalized spacial score (nSPS) is 10.7. The van der Waals surface area contributed by atoms with Gasteiger partial charge in [0, 0.05) is 0 Å². The van der Waals surface area contributed by atoms with Gasteiger partial charge in [-0.3, -0.25) is 0 Å². The van der Waals surface area contributed by atoms with E-state index in [1.165, 1.54) is 44.2 Å². The predicted molar refractivity (Wildman–Crippen MR) is 110 cm³/mol. The Morgan fingerprint density at radius 1 is 1.00 bits per heavy atom. The Hall–Kier alpha value is -0.487. The summed E-state index contributed by atoms with van der Waals surface area (Å²) >= 11 is -0.826. The van der Waals surface area contributed by atoms with Crippen LogP contribution in [0.3, 0.4) is 0 Å². The second-order valence-electron chi connectivity index (χ2n) is 6.85. The summed E-state index contributed by atoms with van der Waals surface area (Å²) in [5.74, 6) is 0.574. The van der Waals surface area contributed by atoms with Crippen LogP contribution in [0.2, 0.25) is 0 Å². The molecule has 0 aliphatic heterocycles. The number of aryl methyl sites for hydroxylation is 3. The number of fused-ring (bicyclic) bond motifs is 1. The van der Waals surface area contributed by atoms with Gasteiger partial charge in [-0.2, -0.15) is 6.07 Å². The van der Waals surface area contributed by atoms with E-state index in [9.17, 15) is 0 Å². The van der Waals surface area contributed by atoms with Crippen molar-refractivity contribution in [2.24, 2.45) is 0 Å². The van der Waals surface area contributed by atoms with Crippen LogP contribution in [0.5, 0.6) is 0 Å². The van der Waals surface area contributed by atoms with Crippen molar-refractivity contribution in [1.82, 2.24) is 0 Å². The van der Waals surface area contributed by atoms with E-state index >= 15 is 0 Å². The van der Waals surface area contributed by atoms with Crippen LogP contribution < -0.4 is 0 Å². The van der Waals surface area contributed by atoms with Crippen molar-refractivity contribution in [2.75, 3.05) is 0 Å².